The first-order chi connectivity index (χ1) is 15.7. The number of carbonyl (C=O) groups is 1. The molecule has 0 aromatic heterocycles. The molecule has 1 atom stereocenters. The summed E-state index contributed by atoms with van der Waals surface area (Å²) in [6.07, 6.45) is 12.6. The molecule has 3 fully saturated rings. The third kappa shape index (κ3) is 7.29. The van der Waals surface area contributed by atoms with Crippen molar-refractivity contribution in [2.45, 2.75) is 77.3 Å². The van der Waals surface area contributed by atoms with Gasteiger partial charge in [-0.2, -0.15) is 0 Å². The van der Waals surface area contributed by atoms with Crippen LogP contribution < -0.4 is 5.32 Å². The van der Waals surface area contributed by atoms with Gasteiger partial charge in [0.25, 0.3) is 0 Å². The molecular weight excluding hydrogens is 396 g/mol. The Labute approximate surface area is 195 Å². The Morgan fingerprint density at radius 3 is 2.44 bits per heavy atom. The highest BCUT2D eigenvalue weighted by Gasteiger charge is 2.28. The molecule has 0 radical (unpaired) electrons. The SMILES string of the molecule is CC(=O)Nc1ccc(CN(CCN2CCCCC2)C[C@@H]2CCCN(C3CCCC3)C2)cc1. The zero-order valence-corrected chi connectivity index (χ0v) is 20.2. The predicted octanol–water partition coefficient (Wildman–Crippen LogP) is 4.59. The van der Waals surface area contributed by atoms with Gasteiger partial charge < -0.3 is 15.1 Å². The lowest BCUT2D eigenvalue weighted by Gasteiger charge is -2.39. The fraction of sp³-hybridized carbons (Fsp3) is 0.741. The standard InChI is InChI=1S/C27H44N4O/c1-23(32)28-26-13-11-24(12-14-26)20-30(19-18-29-15-5-2-6-16-29)21-25-8-7-17-31(22-25)27-9-3-4-10-27/h11-14,25,27H,2-10,15-22H2,1H3,(H,28,32)/t25-/m0/s1. The molecule has 0 bridgehead atoms. The summed E-state index contributed by atoms with van der Waals surface area (Å²) in [5, 5.41) is 2.89. The molecule has 1 aliphatic carbocycles. The van der Waals surface area contributed by atoms with E-state index in [9.17, 15) is 4.79 Å². The zero-order chi connectivity index (χ0) is 22.2. The summed E-state index contributed by atoms with van der Waals surface area (Å²) in [6, 6.07) is 9.32. The van der Waals surface area contributed by atoms with Crippen molar-refractivity contribution in [3.05, 3.63) is 29.8 Å². The molecule has 1 amide bonds. The van der Waals surface area contributed by atoms with Crippen LogP contribution in [0.3, 0.4) is 0 Å². The van der Waals surface area contributed by atoms with Crippen molar-refractivity contribution >= 4 is 11.6 Å². The number of carbonyl (C=O) groups excluding carboxylic acids is 1. The van der Waals surface area contributed by atoms with Crippen molar-refractivity contribution in [2.24, 2.45) is 5.92 Å². The minimum Gasteiger partial charge on any atom is -0.326 e. The van der Waals surface area contributed by atoms with Gasteiger partial charge in [-0.15, -0.1) is 0 Å². The summed E-state index contributed by atoms with van der Waals surface area (Å²) >= 11 is 0. The zero-order valence-electron chi connectivity index (χ0n) is 20.2. The number of amides is 1. The maximum absolute atomic E-state index is 11.3. The molecule has 3 aliphatic rings. The van der Waals surface area contributed by atoms with E-state index in [-0.39, 0.29) is 5.91 Å². The smallest absolute Gasteiger partial charge is 0.221 e. The first kappa shape index (κ1) is 23.7. The third-order valence-corrected chi connectivity index (χ3v) is 7.77. The van der Waals surface area contributed by atoms with Crippen molar-refractivity contribution in [1.82, 2.24) is 14.7 Å². The monoisotopic (exact) mass is 440 g/mol. The minimum atomic E-state index is -0.00924. The van der Waals surface area contributed by atoms with Crippen LogP contribution in [0.4, 0.5) is 5.69 Å². The van der Waals surface area contributed by atoms with Gasteiger partial charge in [0, 0.05) is 51.4 Å². The number of hydrogen-bond donors (Lipinski definition) is 1. The molecule has 5 heteroatoms. The number of hydrogen-bond acceptors (Lipinski definition) is 4. The highest BCUT2D eigenvalue weighted by molar-refractivity contribution is 5.88. The average Bonchev–Trinajstić information content (AvgIpc) is 3.34. The molecule has 4 rings (SSSR count). The molecule has 5 nitrogen and oxygen atoms in total. The van der Waals surface area contributed by atoms with E-state index in [0.29, 0.717) is 0 Å². The van der Waals surface area contributed by atoms with E-state index < -0.39 is 0 Å². The van der Waals surface area contributed by atoms with Gasteiger partial charge in [0.05, 0.1) is 0 Å². The summed E-state index contributed by atoms with van der Waals surface area (Å²) in [6.45, 7) is 11.3. The molecule has 0 spiro atoms. The summed E-state index contributed by atoms with van der Waals surface area (Å²) in [5.41, 5.74) is 2.24. The second-order valence-electron chi connectivity index (χ2n) is 10.5. The molecule has 2 saturated heterocycles. The summed E-state index contributed by atoms with van der Waals surface area (Å²) in [5.74, 6) is 0.786. The van der Waals surface area contributed by atoms with E-state index in [4.69, 9.17) is 0 Å². The van der Waals surface area contributed by atoms with Gasteiger partial charge in [0.2, 0.25) is 5.91 Å². The van der Waals surface area contributed by atoms with Gasteiger partial charge in [0.15, 0.2) is 0 Å². The van der Waals surface area contributed by atoms with Crippen LogP contribution in [0.2, 0.25) is 0 Å². The number of anilines is 1. The van der Waals surface area contributed by atoms with Crippen molar-refractivity contribution in [3.8, 4) is 0 Å². The van der Waals surface area contributed by atoms with E-state index in [1.807, 2.05) is 12.1 Å². The Morgan fingerprint density at radius 1 is 0.969 bits per heavy atom. The van der Waals surface area contributed by atoms with Crippen molar-refractivity contribution < 1.29 is 4.79 Å². The quantitative estimate of drug-likeness (QED) is 0.610. The highest BCUT2D eigenvalue weighted by Crippen LogP contribution is 2.28. The fourth-order valence-electron chi connectivity index (χ4n) is 6.07. The molecule has 178 valence electrons. The predicted molar refractivity (Wildman–Crippen MR) is 133 cm³/mol. The lowest BCUT2D eigenvalue weighted by Crippen LogP contribution is -2.46. The summed E-state index contributed by atoms with van der Waals surface area (Å²) in [7, 11) is 0. The van der Waals surface area contributed by atoms with Crippen LogP contribution in [-0.4, -0.2) is 72.5 Å². The topological polar surface area (TPSA) is 38.8 Å². The lowest BCUT2D eigenvalue weighted by atomic mass is 9.95. The van der Waals surface area contributed by atoms with Crippen molar-refractivity contribution in [1.29, 1.82) is 0 Å². The number of nitrogens with zero attached hydrogens (tertiary/aromatic N) is 3. The normalized spacial score (nSPS) is 23.6. The van der Waals surface area contributed by atoms with Gasteiger partial charge in [-0.25, -0.2) is 0 Å². The molecule has 1 aromatic rings. The van der Waals surface area contributed by atoms with Gasteiger partial charge in [-0.3, -0.25) is 9.69 Å². The number of nitrogens with one attached hydrogen (secondary N) is 1. The molecule has 2 heterocycles. The van der Waals surface area contributed by atoms with Crippen molar-refractivity contribution in [3.63, 3.8) is 0 Å². The first-order valence-corrected chi connectivity index (χ1v) is 13.2. The van der Waals surface area contributed by atoms with Crippen LogP contribution in [0.25, 0.3) is 0 Å². The van der Waals surface area contributed by atoms with Crippen LogP contribution in [0, 0.1) is 5.92 Å². The van der Waals surface area contributed by atoms with Crippen LogP contribution in [-0.2, 0) is 11.3 Å². The number of rotatable bonds is 9. The Hall–Kier alpha value is -1.43. The Morgan fingerprint density at radius 2 is 1.72 bits per heavy atom. The Kier molecular flexibility index (Phi) is 9.01. The Bertz CT molecular complexity index is 694. The van der Waals surface area contributed by atoms with Gasteiger partial charge in [-0.1, -0.05) is 31.4 Å². The van der Waals surface area contributed by atoms with E-state index >= 15 is 0 Å². The molecule has 0 unspecified atom stereocenters. The number of piperidine rings is 2. The fourth-order valence-corrected chi connectivity index (χ4v) is 6.07. The van der Waals surface area contributed by atoms with Crippen LogP contribution in [0.5, 0.6) is 0 Å². The van der Waals surface area contributed by atoms with E-state index in [1.54, 1.807) is 6.92 Å². The molecule has 1 saturated carbocycles. The van der Waals surface area contributed by atoms with Gasteiger partial charge in [0.1, 0.15) is 0 Å². The second-order valence-corrected chi connectivity index (χ2v) is 10.5. The third-order valence-electron chi connectivity index (χ3n) is 7.77. The van der Waals surface area contributed by atoms with E-state index in [1.165, 1.54) is 103 Å². The second kappa shape index (κ2) is 12.2. The van der Waals surface area contributed by atoms with E-state index in [2.05, 4.69) is 32.1 Å². The summed E-state index contributed by atoms with van der Waals surface area (Å²) in [4.78, 5) is 19.5. The maximum atomic E-state index is 11.3. The highest BCUT2D eigenvalue weighted by atomic mass is 16.1. The number of benzene rings is 1. The Balaban J connectivity index is 1.35. The average molecular weight is 441 g/mol. The first-order valence-electron chi connectivity index (χ1n) is 13.2. The number of likely N-dealkylation sites (tertiary alicyclic amines) is 2. The molecule has 32 heavy (non-hydrogen) atoms. The van der Waals surface area contributed by atoms with Crippen molar-refractivity contribution in [2.75, 3.05) is 51.1 Å². The lowest BCUT2D eigenvalue weighted by molar-refractivity contribution is -0.114. The maximum Gasteiger partial charge on any atom is 0.221 e. The molecular formula is C27H44N4O. The largest absolute Gasteiger partial charge is 0.326 e. The van der Waals surface area contributed by atoms with Gasteiger partial charge >= 0.3 is 0 Å². The van der Waals surface area contributed by atoms with Crippen LogP contribution in [0.1, 0.15) is 70.3 Å². The molecule has 1 aromatic carbocycles. The minimum absolute atomic E-state index is 0.00924. The van der Waals surface area contributed by atoms with Crippen LogP contribution >= 0.6 is 0 Å². The molecule has 1 N–H and O–H groups in total. The molecule has 2 aliphatic heterocycles. The van der Waals surface area contributed by atoms with Gasteiger partial charge in [-0.05, 0) is 81.8 Å². The van der Waals surface area contributed by atoms with Crippen LogP contribution in [0.15, 0.2) is 24.3 Å². The summed E-state index contributed by atoms with van der Waals surface area (Å²) < 4.78 is 0. The van der Waals surface area contributed by atoms with E-state index in [0.717, 1.165) is 30.7 Å².